The maximum absolute atomic E-state index is 12.4. The van der Waals surface area contributed by atoms with E-state index in [0.717, 1.165) is 22.3 Å². The molecule has 2 N–H and O–H groups in total. The first-order valence-electron chi connectivity index (χ1n) is 9.00. The highest BCUT2D eigenvalue weighted by Crippen LogP contribution is 2.24. The summed E-state index contributed by atoms with van der Waals surface area (Å²) in [6.45, 7) is 0.547. The molecule has 0 aliphatic rings. The summed E-state index contributed by atoms with van der Waals surface area (Å²) in [5.74, 6) is 0.838. The van der Waals surface area contributed by atoms with E-state index in [1.807, 2.05) is 35.7 Å². The fourth-order valence-corrected chi connectivity index (χ4v) is 5.11. The average Bonchev–Trinajstić information content (AvgIpc) is 3.41. The van der Waals surface area contributed by atoms with Gasteiger partial charge in [-0.3, -0.25) is 4.72 Å². The first-order valence-corrected chi connectivity index (χ1v) is 12.2. The highest BCUT2D eigenvalue weighted by atomic mass is 32.2. The SMILES string of the molecule is O=S(=O)(Nc1nccs1)c1ccc(Nc2nc(CCOc3ccccc3)cs2)cc1. The van der Waals surface area contributed by atoms with Crippen LogP contribution in [-0.4, -0.2) is 25.0 Å². The molecule has 0 amide bonds. The molecule has 0 fully saturated rings. The van der Waals surface area contributed by atoms with E-state index < -0.39 is 10.0 Å². The van der Waals surface area contributed by atoms with Crippen molar-refractivity contribution in [2.45, 2.75) is 11.3 Å². The fourth-order valence-electron chi connectivity index (χ4n) is 2.56. The molecule has 7 nitrogen and oxygen atoms in total. The lowest BCUT2D eigenvalue weighted by Crippen LogP contribution is -2.12. The summed E-state index contributed by atoms with van der Waals surface area (Å²) in [6.07, 6.45) is 2.25. The molecule has 0 aliphatic heterocycles. The van der Waals surface area contributed by atoms with Gasteiger partial charge in [-0.2, -0.15) is 0 Å². The number of nitrogens with one attached hydrogen (secondary N) is 2. The van der Waals surface area contributed by atoms with Gasteiger partial charge in [-0.25, -0.2) is 18.4 Å². The van der Waals surface area contributed by atoms with Crippen LogP contribution in [0.3, 0.4) is 0 Å². The topological polar surface area (TPSA) is 93.2 Å². The minimum absolute atomic E-state index is 0.168. The summed E-state index contributed by atoms with van der Waals surface area (Å²) in [4.78, 5) is 8.66. The molecular weight excluding hydrogens is 440 g/mol. The molecule has 2 heterocycles. The molecule has 0 spiro atoms. The van der Waals surface area contributed by atoms with Crippen LogP contribution < -0.4 is 14.8 Å². The van der Waals surface area contributed by atoms with Crippen LogP contribution in [0.25, 0.3) is 0 Å². The van der Waals surface area contributed by atoms with Gasteiger partial charge in [0, 0.05) is 29.1 Å². The molecule has 0 unspecified atom stereocenters. The Morgan fingerprint density at radius 1 is 0.967 bits per heavy atom. The minimum atomic E-state index is -3.66. The van der Waals surface area contributed by atoms with Crippen LogP contribution in [0.4, 0.5) is 16.0 Å². The van der Waals surface area contributed by atoms with Crippen LogP contribution in [0.5, 0.6) is 5.75 Å². The van der Waals surface area contributed by atoms with Crippen molar-refractivity contribution < 1.29 is 13.2 Å². The van der Waals surface area contributed by atoms with Crippen molar-refractivity contribution in [1.29, 1.82) is 0 Å². The molecule has 2 aromatic heterocycles. The van der Waals surface area contributed by atoms with E-state index in [-0.39, 0.29) is 4.90 Å². The lowest BCUT2D eigenvalue weighted by atomic mass is 10.3. The molecule has 4 aromatic rings. The number of thiazole rings is 2. The van der Waals surface area contributed by atoms with Crippen LogP contribution in [0.2, 0.25) is 0 Å². The van der Waals surface area contributed by atoms with Crippen molar-refractivity contribution in [2.24, 2.45) is 0 Å². The predicted molar refractivity (Wildman–Crippen MR) is 120 cm³/mol. The smallest absolute Gasteiger partial charge is 0.263 e. The second-order valence-corrected chi connectivity index (χ2v) is 9.58. The van der Waals surface area contributed by atoms with Crippen LogP contribution in [0, 0.1) is 0 Å². The number of para-hydroxylation sites is 1. The molecule has 4 rings (SSSR count). The highest BCUT2D eigenvalue weighted by Gasteiger charge is 2.15. The number of ether oxygens (including phenoxy) is 1. The van der Waals surface area contributed by atoms with Gasteiger partial charge in [0.05, 0.1) is 17.2 Å². The van der Waals surface area contributed by atoms with Crippen molar-refractivity contribution >= 4 is 48.6 Å². The van der Waals surface area contributed by atoms with Gasteiger partial charge in [0.1, 0.15) is 5.75 Å². The third-order valence-corrected chi connectivity index (χ3v) is 6.97. The maximum atomic E-state index is 12.4. The molecule has 154 valence electrons. The van der Waals surface area contributed by atoms with Gasteiger partial charge in [-0.1, -0.05) is 18.2 Å². The zero-order chi connectivity index (χ0) is 20.8. The minimum Gasteiger partial charge on any atom is -0.493 e. The Kier molecular flexibility index (Phi) is 6.26. The second-order valence-electron chi connectivity index (χ2n) is 6.15. The first kappa shape index (κ1) is 20.3. The molecule has 0 atom stereocenters. The fraction of sp³-hybridized carbons (Fsp3) is 0.100. The van der Waals surface area contributed by atoms with E-state index >= 15 is 0 Å². The van der Waals surface area contributed by atoms with E-state index in [0.29, 0.717) is 18.2 Å². The molecule has 0 aliphatic carbocycles. The summed E-state index contributed by atoms with van der Waals surface area (Å²) in [7, 11) is -3.66. The Hall–Kier alpha value is -2.95. The van der Waals surface area contributed by atoms with Gasteiger partial charge in [0.15, 0.2) is 10.3 Å². The van der Waals surface area contributed by atoms with E-state index in [4.69, 9.17) is 4.74 Å². The number of aromatic nitrogens is 2. The average molecular weight is 459 g/mol. The molecule has 30 heavy (non-hydrogen) atoms. The standard InChI is InChI=1S/C20H18N4O3S3/c25-30(26,24-19-21-11-13-28-19)18-8-6-15(7-9-18)22-20-23-16(14-29-20)10-12-27-17-4-2-1-3-5-17/h1-9,11,13-14H,10,12H2,(H,21,24)(H,22,23). The van der Waals surface area contributed by atoms with Gasteiger partial charge < -0.3 is 10.1 Å². The number of nitrogens with zero attached hydrogens (tertiary/aromatic N) is 2. The lowest BCUT2D eigenvalue weighted by molar-refractivity contribution is 0.321. The quantitative estimate of drug-likeness (QED) is 0.375. The Bertz CT molecular complexity index is 1180. The van der Waals surface area contributed by atoms with Crippen LogP contribution in [0.15, 0.2) is 76.4 Å². The van der Waals surface area contributed by atoms with Crippen molar-refractivity contribution in [1.82, 2.24) is 9.97 Å². The van der Waals surface area contributed by atoms with E-state index in [1.165, 1.54) is 22.7 Å². The van der Waals surface area contributed by atoms with Crippen molar-refractivity contribution in [3.8, 4) is 5.75 Å². The summed E-state index contributed by atoms with van der Waals surface area (Å²) < 4.78 is 32.9. The summed E-state index contributed by atoms with van der Waals surface area (Å²) >= 11 is 2.71. The Balaban J connectivity index is 1.32. The van der Waals surface area contributed by atoms with E-state index in [9.17, 15) is 8.42 Å². The van der Waals surface area contributed by atoms with Crippen molar-refractivity contribution in [2.75, 3.05) is 16.6 Å². The third-order valence-electron chi connectivity index (χ3n) is 3.99. The third kappa shape index (κ3) is 5.35. The van der Waals surface area contributed by atoms with Gasteiger partial charge in [0.2, 0.25) is 0 Å². The van der Waals surface area contributed by atoms with Crippen molar-refractivity contribution in [3.05, 3.63) is 77.2 Å². The van der Waals surface area contributed by atoms with Gasteiger partial charge >= 0.3 is 0 Å². The zero-order valence-electron chi connectivity index (χ0n) is 15.7. The Morgan fingerprint density at radius 2 is 1.77 bits per heavy atom. The monoisotopic (exact) mass is 458 g/mol. The number of hydrogen-bond acceptors (Lipinski definition) is 8. The largest absolute Gasteiger partial charge is 0.493 e. The van der Waals surface area contributed by atoms with Crippen LogP contribution >= 0.6 is 22.7 Å². The van der Waals surface area contributed by atoms with Crippen LogP contribution in [0.1, 0.15) is 5.69 Å². The molecule has 0 saturated heterocycles. The Morgan fingerprint density at radius 3 is 2.50 bits per heavy atom. The van der Waals surface area contributed by atoms with Gasteiger partial charge in [-0.15, -0.1) is 22.7 Å². The first-order chi connectivity index (χ1) is 14.6. The summed E-state index contributed by atoms with van der Waals surface area (Å²) in [6, 6.07) is 16.2. The molecule has 10 heteroatoms. The second kappa shape index (κ2) is 9.24. The normalized spacial score (nSPS) is 11.2. The molecule has 0 bridgehead atoms. The lowest BCUT2D eigenvalue weighted by Gasteiger charge is -2.07. The van der Waals surface area contributed by atoms with Crippen molar-refractivity contribution in [3.63, 3.8) is 0 Å². The molecular formula is C20H18N4O3S3. The predicted octanol–water partition coefficient (Wildman–Crippen LogP) is 4.77. The number of rotatable bonds is 9. The highest BCUT2D eigenvalue weighted by molar-refractivity contribution is 7.93. The number of benzene rings is 2. The number of sulfonamides is 1. The van der Waals surface area contributed by atoms with Crippen LogP contribution in [-0.2, 0) is 16.4 Å². The number of hydrogen-bond donors (Lipinski definition) is 2. The van der Waals surface area contributed by atoms with E-state index in [1.54, 1.807) is 35.8 Å². The van der Waals surface area contributed by atoms with Gasteiger partial charge in [-0.05, 0) is 36.4 Å². The molecule has 0 radical (unpaired) electrons. The summed E-state index contributed by atoms with van der Waals surface area (Å²) in [5, 5.41) is 7.96. The molecule has 0 saturated carbocycles. The van der Waals surface area contributed by atoms with E-state index in [2.05, 4.69) is 20.0 Å². The molecule has 2 aromatic carbocycles. The number of anilines is 3. The zero-order valence-corrected chi connectivity index (χ0v) is 18.1. The Labute approximate surface area is 182 Å². The summed E-state index contributed by atoms with van der Waals surface area (Å²) in [5.41, 5.74) is 1.69. The van der Waals surface area contributed by atoms with Gasteiger partial charge in [0.25, 0.3) is 10.0 Å². The maximum Gasteiger partial charge on any atom is 0.263 e.